The highest BCUT2D eigenvalue weighted by Gasteiger charge is 2.06. The summed E-state index contributed by atoms with van der Waals surface area (Å²) in [7, 11) is 1.77. The molecule has 1 aromatic heterocycles. The molecule has 0 aliphatic carbocycles. The van der Waals surface area contributed by atoms with Crippen LogP contribution in [0.2, 0.25) is 5.02 Å². The Bertz CT molecular complexity index is 1010. The Morgan fingerprint density at radius 3 is 2.45 bits per heavy atom. The van der Waals surface area contributed by atoms with Crippen LogP contribution in [0.4, 0.5) is 0 Å². The van der Waals surface area contributed by atoms with E-state index < -0.39 is 11.8 Å². The van der Waals surface area contributed by atoms with Crippen LogP contribution in [-0.2, 0) is 18.4 Å². The minimum absolute atomic E-state index is 0.360. The number of nitrogens with one attached hydrogen (secondary N) is 2. The SMILES string of the molecule is Cn1nccc1C=CC(=O)NNC(=O)c1ccc(COc2ccc(Cl)cc2)cc1. The van der Waals surface area contributed by atoms with E-state index in [2.05, 4.69) is 16.0 Å². The Balaban J connectivity index is 1.47. The van der Waals surface area contributed by atoms with Gasteiger partial charge in [-0.3, -0.25) is 25.1 Å². The molecule has 0 radical (unpaired) electrons. The van der Waals surface area contributed by atoms with Gasteiger partial charge in [0.15, 0.2) is 0 Å². The number of hydrogen-bond acceptors (Lipinski definition) is 4. The molecule has 1 heterocycles. The lowest BCUT2D eigenvalue weighted by molar-refractivity contribution is -0.117. The Morgan fingerprint density at radius 1 is 1.07 bits per heavy atom. The average Bonchev–Trinajstić information content (AvgIpc) is 3.15. The van der Waals surface area contributed by atoms with Gasteiger partial charge in [-0.25, -0.2) is 0 Å². The van der Waals surface area contributed by atoms with Gasteiger partial charge in [0.25, 0.3) is 11.8 Å². The smallest absolute Gasteiger partial charge is 0.269 e. The van der Waals surface area contributed by atoms with Gasteiger partial charge in [-0.1, -0.05) is 23.7 Å². The predicted molar refractivity (Wildman–Crippen MR) is 110 cm³/mol. The van der Waals surface area contributed by atoms with Crippen LogP contribution in [0.5, 0.6) is 5.75 Å². The average molecular weight is 411 g/mol. The molecule has 0 spiro atoms. The van der Waals surface area contributed by atoms with Crippen molar-refractivity contribution in [3.63, 3.8) is 0 Å². The summed E-state index contributed by atoms with van der Waals surface area (Å²) in [4.78, 5) is 24.0. The lowest BCUT2D eigenvalue weighted by Crippen LogP contribution is -2.40. The van der Waals surface area contributed by atoms with Crippen LogP contribution in [0, 0.1) is 0 Å². The first kappa shape index (κ1) is 20.2. The van der Waals surface area contributed by atoms with E-state index in [1.54, 1.807) is 78.6 Å². The fourth-order valence-corrected chi connectivity index (χ4v) is 2.52. The zero-order valence-electron chi connectivity index (χ0n) is 15.6. The molecule has 0 bridgehead atoms. The molecule has 0 aliphatic rings. The van der Waals surface area contributed by atoms with Crippen molar-refractivity contribution in [2.45, 2.75) is 6.61 Å². The fraction of sp³-hybridized carbons (Fsp3) is 0.0952. The third-order valence-corrected chi connectivity index (χ3v) is 4.25. The zero-order valence-corrected chi connectivity index (χ0v) is 16.4. The second kappa shape index (κ2) is 9.57. The van der Waals surface area contributed by atoms with Gasteiger partial charge in [-0.15, -0.1) is 0 Å². The fourth-order valence-electron chi connectivity index (χ4n) is 2.39. The van der Waals surface area contributed by atoms with E-state index in [9.17, 15) is 9.59 Å². The summed E-state index contributed by atoms with van der Waals surface area (Å²) < 4.78 is 7.29. The third-order valence-electron chi connectivity index (χ3n) is 4.00. The van der Waals surface area contributed by atoms with E-state index in [1.807, 2.05) is 0 Å². The number of halogens is 1. The summed E-state index contributed by atoms with van der Waals surface area (Å²) in [5.74, 6) is -0.164. The van der Waals surface area contributed by atoms with Crippen LogP contribution < -0.4 is 15.6 Å². The first-order chi connectivity index (χ1) is 14.0. The number of hydrogen-bond donors (Lipinski definition) is 2. The Morgan fingerprint density at radius 2 is 1.79 bits per heavy atom. The van der Waals surface area contributed by atoms with Gasteiger partial charge in [-0.2, -0.15) is 5.10 Å². The van der Waals surface area contributed by atoms with Crippen molar-refractivity contribution in [3.05, 3.63) is 88.7 Å². The van der Waals surface area contributed by atoms with Gasteiger partial charge in [0, 0.05) is 29.9 Å². The van der Waals surface area contributed by atoms with Crippen LogP contribution in [-0.4, -0.2) is 21.6 Å². The molecule has 8 heteroatoms. The molecular formula is C21H19ClN4O3. The third kappa shape index (κ3) is 5.95. The van der Waals surface area contributed by atoms with E-state index >= 15 is 0 Å². The number of amides is 2. The summed E-state index contributed by atoms with van der Waals surface area (Å²) in [5, 5.41) is 4.64. The van der Waals surface area contributed by atoms with E-state index in [-0.39, 0.29) is 0 Å². The number of aryl methyl sites for hydroxylation is 1. The molecule has 0 saturated heterocycles. The molecule has 0 atom stereocenters. The Kier molecular flexibility index (Phi) is 6.65. The monoisotopic (exact) mass is 410 g/mol. The van der Waals surface area contributed by atoms with E-state index in [4.69, 9.17) is 16.3 Å². The van der Waals surface area contributed by atoms with Crippen molar-refractivity contribution in [2.75, 3.05) is 0 Å². The molecule has 0 saturated carbocycles. The highest BCUT2D eigenvalue weighted by Crippen LogP contribution is 2.17. The molecule has 0 aliphatic heterocycles. The molecule has 2 N–H and O–H groups in total. The van der Waals surface area contributed by atoms with Gasteiger partial charge in [0.2, 0.25) is 0 Å². The molecule has 7 nitrogen and oxygen atoms in total. The predicted octanol–water partition coefficient (Wildman–Crippen LogP) is 3.13. The summed E-state index contributed by atoms with van der Waals surface area (Å²) >= 11 is 5.84. The molecular weight excluding hydrogens is 392 g/mol. The maximum Gasteiger partial charge on any atom is 0.269 e. The molecule has 3 rings (SSSR count). The quantitative estimate of drug-likeness (QED) is 0.483. The standard InChI is InChI=1S/C21H19ClN4O3/c1-26-18(12-13-23-26)8-11-20(27)24-25-21(28)16-4-2-15(3-5-16)14-29-19-9-6-17(22)7-10-19/h2-13H,14H2,1H3,(H,24,27)(H,25,28). The highest BCUT2D eigenvalue weighted by atomic mass is 35.5. The molecule has 0 fully saturated rings. The molecule has 0 unspecified atom stereocenters. The maximum atomic E-state index is 12.2. The largest absolute Gasteiger partial charge is 0.489 e. The number of aromatic nitrogens is 2. The number of carbonyl (C=O) groups is 2. The maximum absolute atomic E-state index is 12.2. The van der Waals surface area contributed by atoms with Crippen molar-refractivity contribution in [1.82, 2.24) is 20.6 Å². The molecule has 3 aromatic rings. The van der Waals surface area contributed by atoms with E-state index in [0.717, 1.165) is 11.3 Å². The van der Waals surface area contributed by atoms with Gasteiger partial charge in [0.1, 0.15) is 12.4 Å². The Hall–Kier alpha value is -3.58. The van der Waals surface area contributed by atoms with Gasteiger partial charge in [-0.05, 0) is 54.1 Å². The molecule has 29 heavy (non-hydrogen) atoms. The van der Waals surface area contributed by atoms with Crippen molar-refractivity contribution in [1.29, 1.82) is 0 Å². The lowest BCUT2D eigenvalue weighted by Gasteiger charge is -2.08. The topological polar surface area (TPSA) is 85.3 Å². The van der Waals surface area contributed by atoms with Gasteiger partial charge >= 0.3 is 0 Å². The van der Waals surface area contributed by atoms with Gasteiger partial charge < -0.3 is 4.74 Å². The summed E-state index contributed by atoms with van der Waals surface area (Å²) in [6.45, 7) is 0.360. The van der Waals surface area contributed by atoms with Crippen LogP contribution in [0.15, 0.2) is 66.9 Å². The summed E-state index contributed by atoms with van der Waals surface area (Å²) in [6, 6.07) is 15.7. The molecule has 148 valence electrons. The van der Waals surface area contributed by atoms with Crippen molar-refractivity contribution < 1.29 is 14.3 Å². The van der Waals surface area contributed by atoms with Crippen LogP contribution in [0.25, 0.3) is 6.08 Å². The normalized spacial score (nSPS) is 10.7. The van der Waals surface area contributed by atoms with Crippen LogP contribution >= 0.6 is 11.6 Å². The van der Waals surface area contributed by atoms with Crippen molar-refractivity contribution in [3.8, 4) is 5.75 Å². The number of ether oxygens (including phenoxy) is 1. The molecule has 2 amide bonds. The lowest BCUT2D eigenvalue weighted by atomic mass is 10.1. The zero-order chi connectivity index (χ0) is 20.6. The minimum atomic E-state index is -0.451. The van der Waals surface area contributed by atoms with Crippen molar-refractivity contribution in [2.24, 2.45) is 7.05 Å². The van der Waals surface area contributed by atoms with E-state index in [0.29, 0.717) is 22.9 Å². The summed E-state index contributed by atoms with van der Waals surface area (Å²) in [6.07, 6.45) is 4.54. The number of rotatable bonds is 6. The number of carbonyl (C=O) groups excluding carboxylic acids is 2. The van der Waals surface area contributed by atoms with Crippen LogP contribution in [0.3, 0.4) is 0 Å². The number of hydrazine groups is 1. The minimum Gasteiger partial charge on any atom is -0.489 e. The van der Waals surface area contributed by atoms with Crippen molar-refractivity contribution >= 4 is 29.5 Å². The second-order valence-corrected chi connectivity index (χ2v) is 6.53. The Labute approximate surface area is 172 Å². The number of benzene rings is 2. The van der Waals surface area contributed by atoms with Crippen LogP contribution in [0.1, 0.15) is 21.6 Å². The highest BCUT2D eigenvalue weighted by molar-refractivity contribution is 6.30. The van der Waals surface area contributed by atoms with E-state index in [1.165, 1.54) is 6.08 Å². The second-order valence-electron chi connectivity index (χ2n) is 6.10. The first-order valence-electron chi connectivity index (χ1n) is 8.75. The summed E-state index contributed by atoms with van der Waals surface area (Å²) in [5.41, 5.74) is 6.79. The number of nitrogens with zero attached hydrogens (tertiary/aromatic N) is 2. The van der Waals surface area contributed by atoms with Gasteiger partial charge in [0.05, 0.1) is 5.69 Å². The first-order valence-corrected chi connectivity index (χ1v) is 9.13. The molecule has 2 aromatic carbocycles.